The Morgan fingerprint density at radius 1 is 1.25 bits per heavy atom. The van der Waals surface area contributed by atoms with E-state index >= 15 is 0 Å². The zero-order valence-corrected chi connectivity index (χ0v) is 12.6. The van der Waals surface area contributed by atoms with Crippen LogP contribution in [0.25, 0.3) is 11.4 Å². The topological polar surface area (TPSA) is 59.2 Å². The smallest absolute Gasteiger partial charge is 0.331 e. The van der Waals surface area contributed by atoms with E-state index in [0.717, 1.165) is 5.56 Å². The van der Waals surface area contributed by atoms with Crippen molar-refractivity contribution >= 4 is 5.91 Å². The molecule has 5 nitrogen and oxygen atoms in total. The number of carbonyl (C=O) groups excluding carboxylic acids is 1. The zero-order chi connectivity index (χ0) is 17.7. The van der Waals surface area contributed by atoms with Gasteiger partial charge in [-0.3, -0.25) is 4.79 Å². The molecule has 1 amide bonds. The Hall–Kier alpha value is -2.90. The summed E-state index contributed by atoms with van der Waals surface area (Å²) in [4.78, 5) is 16.6. The highest BCUT2D eigenvalue weighted by atomic mass is 19.4. The van der Waals surface area contributed by atoms with Gasteiger partial charge in [-0.25, -0.2) is 0 Å². The molecule has 24 heavy (non-hydrogen) atoms. The summed E-state index contributed by atoms with van der Waals surface area (Å²) in [5.41, 5.74) is 1.17. The maximum Gasteiger partial charge on any atom is 0.471 e. The van der Waals surface area contributed by atoms with Crippen LogP contribution in [-0.4, -0.2) is 27.5 Å². The number of halogens is 3. The zero-order valence-electron chi connectivity index (χ0n) is 12.6. The Labute approximate surface area is 136 Å². The highest BCUT2D eigenvalue weighted by Gasteiger charge is 2.38. The highest BCUT2D eigenvalue weighted by molar-refractivity contribution is 5.87. The molecule has 0 atom stereocenters. The van der Waals surface area contributed by atoms with Gasteiger partial charge >= 0.3 is 12.1 Å². The SMILES string of the molecule is C=CCN(Cc1ccc(-c2noc(C(F)(F)F)n2)cc1)C(=O)C=C. The fourth-order valence-corrected chi connectivity index (χ4v) is 1.95. The van der Waals surface area contributed by atoms with Crippen LogP contribution >= 0.6 is 0 Å². The number of nitrogens with zero attached hydrogens (tertiary/aromatic N) is 3. The van der Waals surface area contributed by atoms with E-state index in [9.17, 15) is 18.0 Å². The minimum absolute atomic E-state index is 0.154. The molecule has 0 aliphatic heterocycles. The maximum absolute atomic E-state index is 12.5. The summed E-state index contributed by atoms with van der Waals surface area (Å²) in [6.45, 7) is 7.69. The summed E-state index contributed by atoms with van der Waals surface area (Å²) in [6, 6.07) is 6.46. The van der Waals surface area contributed by atoms with E-state index in [1.165, 1.54) is 11.0 Å². The average Bonchev–Trinajstić information content (AvgIpc) is 3.04. The Morgan fingerprint density at radius 3 is 2.42 bits per heavy atom. The third-order valence-electron chi connectivity index (χ3n) is 3.09. The second-order valence-corrected chi connectivity index (χ2v) is 4.83. The molecule has 0 aliphatic rings. The molecular weight excluding hydrogens is 323 g/mol. The molecule has 0 saturated heterocycles. The Balaban J connectivity index is 2.15. The molecule has 0 aliphatic carbocycles. The van der Waals surface area contributed by atoms with Gasteiger partial charge in [-0.1, -0.05) is 42.1 Å². The van der Waals surface area contributed by atoms with Gasteiger partial charge in [-0.05, 0) is 11.6 Å². The Morgan fingerprint density at radius 2 is 1.92 bits per heavy atom. The third-order valence-corrected chi connectivity index (χ3v) is 3.09. The summed E-state index contributed by atoms with van der Waals surface area (Å²) in [5.74, 6) is -1.79. The predicted octanol–water partition coefficient (Wildman–Crippen LogP) is 3.46. The second-order valence-electron chi connectivity index (χ2n) is 4.83. The molecule has 1 heterocycles. The lowest BCUT2D eigenvalue weighted by molar-refractivity contribution is -0.159. The first-order valence-corrected chi connectivity index (χ1v) is 6.87. The van der Waals surface area contributed by atoms with Gasteiger partial charge in [0.05, 0.1) is 0 Å². The van der Waals surface area contributed by atoms with Crippen molar-refractivity contribution in [1.29, 1.82) is 0 Å². The van der Waals surface area contributed by atoms with E-state index < -0.39 is 12.1 Å². The standard InChI is InChI=1S/C16H14F3N3O2/c1-3-9-22(13(23)4-2)10-11-5-7-12(8-6-11)14-20-15(24-21-14)16(17,18)19/h3-8H,1-2,9-10H2. The first kappa shape index (κ1) is 17.5. The van der Waals surface area contributed by atoms with Crippen LogP contribution in [0.15, 0.2) is 54.1 Å². The van der Waals surface area contributed by atoms with Gasteiger partial charge in [0.1, 0.15) is 0 Å². The fourth-order valence-electron chi connectivity index (χ4n) is 1.95. The lowest BCUT2D eigenvalue weighted by Crippen LogP contribution is -2.28. The molecule has 8 heteroatoms. The van der Waals surface area contributed by atoms with Crippen LogP contribution in [0.5, 0.6) is 0 Å². The summed E-state index contributed by atoms with van der Waals surface area (Å²) in [5, 5.41) is 3.32. The number of aromatic nitrogens is 2. The molecule has 2 aromatic rings. The van der Waals surface area contributed by atoms with Gasteiger partial charge in [-0.15, -0.1) is 6.58 Å². The monoisotopic (exact) mass is 337 g/mol. The van der Waals surface area contributed by atoms with E-state index in [0.29, 0.717) is 18.7 Å². The minimum atomic E-state index is -4.68. The van der Waals surface area contributed by atoms with Crippen molar-refractivity contribution in [3.63, 3.8) is 0 Å². The number of rotatable bonds is 6. The molecule has 126 valence electrons. The number of alkyl halides is 3. The number of hydrogen-bond acceptors (Lipinski definition) is 4. The molecule has 0 saturated carbocycles. The van der Waals surface area contributed by atoms with E-state index in [1.807, 2.05) is 0 Å². The lowest BCUT2D eigenvalue weighted by atomic mass is 10.1. The third kappa shape index (κ3) is 4.09. The van der Waals surface area contributed by atoms with Gasteiger partial charge in [0.2, 0.25) is 11.7 Å². The maximum atomic E-state index is 12.5. The molecule has 2 rings (SSSR count). The predicted molar refractivity (Wildman–Crippen MR) is 80.5 cm³/mol. The molecule has 0 bridgehead atoms. The minimum Gasteiger partial charge on any atom is -0.331 e. The van der Waals surface area contributed by atoms with Crippen LogP contribution in [-0.2, 0) is 17.5 Å². The van der Waals surface area contributed by atoms with Gasteiger partial charge in [0, 0.05) is 18.7 Å². The van der Waals surface area contributed by atoms with Gasteiger partial charge in [0.15, 0.2) is 0 Å². The van der Waals surface area contributed by atoms with Crippen LogP contribution in [0.3, 0.4) is 0 Å². The van der Waals surface area contributed by atoms with Crippen LogP contribution < -0.4 is 0 Å². The highest BCUT2D eigenvalue weighted by Crippen LogP contribution is 2.29. The van der Waals surface area contributed by atoms with E-state index in [4.69, 9.17) is 0 Å². The molecule has 0 spiro atoms. The number of benzene rings is 1. The summed E-state index contributed by atoms with van der Waals surface area (Å²) >= 11 is 0. The quantitative estimate of drug-likeness (QED) is 0.598. The average molecular weight is 337 g/mol. The largest absolute Gasteiger partial charge is 0.471 e. The lowest BCUT2D eigenvalue weighted by Gasteiger charge is -2.19. The molecule has 1 aromatic carbocycles. The van der Waals surface area contributed by atoms with Crippen molar-refractivity contribution < 1.29 is 22.5 Å². The second kappa shape index (κ2) is 7.12. The molecule has 0 fully saturated rings. The number of amides is 1. The Kier molecular flexibility index (Phi) is 5.18. The van der Waals surface area contributed by atoms with Crippen molar-refractivity contribution in [1.82, 2.24) is 15.0 Å². The van der Waals surface area contributed by atoms with Crippen molar-refractivity contribution in [3.05, 3.63) is 61.0 Å². The van der Waals surface area contributed by atoms with Gasteiger partial charge in [0.25, 0.3) is 0 Å². The first-order valence-electron chi connectivity index (χ1n) is 6.87. The van der Waals surface area contributed by atoms with Crippen molar-refractivity contribution in [3.8, 4) is 11.4 Å². The van der Waals surface area contributed by atoms with Crippen molar-refractivity contribution in [2.24, 2.45) is 0 Å². The number of hydrogen-bond donors (Lipinski definition) is 0. The first-order chi connectivity index (χ1) is 11.3. The van der Waals surface area contributed by atoms with E-state index in [1.54, 1.807) is 30.3 Å². The van der Waals surface area contributed by atoms with Gasteiger partial charge < -0.3 is 9.42 Å². The molecule has 0 unspecified atom stereocenters. The Bertz CT molecular complexity index is 736. The van der Waals surface area contributed by atoms with Crippen LogP contribution in [0, 0.1) is 0 Å². The van der Waals surface area contributed by atoms with Crippen molar-refractivity contribution in [2.45, 2.75) is 12.7 Å². The van der Waals surface area contributed by atoms with Crippen molar-refractivity contribution in [2.75, 3.05) is 6.54 Å². The van der Waals surface area contributed by atoms with E-state index in [-0.39, 0.29) is 11.7 Å². The number of carbonyl (C=O) groups is 1. The molecule has 0 radical (unpaired) electrons. The van der Waals surface area contributed by atoms with Crippen LogP contribution in [0.2, 0.25) is 0 Å². The molecule has 1 aromatic heterocycles. The summed E-state index contributed by atoms with van der Waals surface area (Å²) in [7, 11) is 0. The normalized spacial score (nSPS) is 11.1. The molecular formula is C16H14F3N3O2. The van der Waals surface area contributed by atoms with Crippen LogP contribution in [0.1, 0.15) is 11.5 Å². The summed E-state index contributed by atoms with van der Waals surface area (Å²) < 4.78 is 41.6. The fraction of sp³-hybridized carbons (Fsp3) is 0.188. The van der Waals surface area contributed by atoms with E-state index in [2.05, 4.69) is 27.8 Å². The van der Waals surface area contributed by atoms with Gasteiger partial charge in [-0.2, -0.15) is 18.2 Å². The summed E-state index contributed by atoms with van der Waals surface area (Å²) in [6.07, 6.45) is -1.88. The van der Waals surface area contributed by atoms with Crippen LogP contribution in [0.4, 0.5) is 13.2 Å². The molecule has 0 N–H and O–H groups in total.